The molecule has 1 fully saturated rings. The molecule has 116 valence electrons. The van der Waals surface area contributed by atoms with Gasteiger partial charge in [-0.25, -0.2) is 0 Å². The summed E-state index contributed by atoms with van der Waals surface area (Å²) in [7, 11) is 2.10. The van der Waals surface area contributed by atoms with Crippen LogP contribution >= 0.6 is 0 Å². The van der Waals surface area contributed by atoms with Gasteiger partial charge in [-0.2, -0.15) is 0 Å². The highest BCUT2D eigenvalue weighted by Crippen LogP contribution is 2.27. The molecule has 0 radical (unpaired) electrons. The molecule has 2 atom stereocenters. The quantitative estimate of drug-likeness (QED) is 0.743. The topological polar surface area (TPSA) is 20.3 Å². The van der Waals surface area contributed by atoms with Crippen LogP contribution in [-0.4, -0.2) is 30.3 Å². The lowest BCUT2D eigenvalue weighted by Gasteiger charge is -2.35. The third kappa shape index (κ3) is 4.16. The van der Waals surface area contributed by atoms with Gasteiger partial charge in [-0.3, -0.25) is 9.69 Å². The number of rotatable bonds is 5. The third-order valence-corrected chi connectivity index (χ3v) is 4.92. The minimum Gasteiger partial charge on any atom is -0.296 e. The van der Waals surface area contributed by atoms with E-state index in [2.05, 4.69) is 44.9 Å². The maximum absolute atomic E-state index is 12.4. The average molecular weight is 287 g/mol. The first-order valence-electron chi connectivity index (χ1n) is 8.32. The summed E-state index contributed by atoms with van der Waals surface area (Å²) in [5.74, 6) is 1.46. The van der Waals surface area contributed by atoms with E-state index in [1.807, 2.05) is 12.1 Å². The van der Waals surface area contributed by atoms with E-state index in [0.717, 1.165) is 5.56 Å². The highest BCUT2D eigenvalue weighted by molar-refractivity contribution is 5.97. The Labute approximate surface area is 129 Å². The minimum absolute atomic E-state index is 0.241. The molecule has 1 saturated carbocycles. The molecule has 0 bridgehead atoms. The van der Waals surface area contributed by atoms with Crippen LogP contribution in [-0.2, 0) is 0 Å². The number of hydrogen-bond donors (Lipinski definition) is 0. The van der Waals surface area contributed by atoms with E-state index in [-0.39, 0.29) is 5.78 Å². The second kappa shape index (κ2) is 7.22. The summed E-state index contributed by atoms with van der Waals surface area (Å²) in [4.78, 5) is 14.7. The van der Waals surface area contributed by atoms with Crippen molar-refractivity contribution < 1.29 is 4.79 Å². The summed E-state index contributed by atoms with van der Waals surface area (Å²) in [6.07, 6.45) is 5.18. The summed E-state index contributed by atoms with van der Waals surface area (Å²) in [6, 6.07) is 8.70. The van der Waals surface area contributed by atoms with E-state index >= 15 is 0 Å². The molecule has 0 saturated heterocycles. The molecule has 0 heterocycles. The van der Waals surface area contributed by atoms with Crippen LogP contribution in [0.15, 0.2) is 24.3 Å². The molecule has 2 heteroatoms. The molecule has 0 aromatic heterocycles. The Hall–Kier alpha value is -1.15. The zero-order chi connectivity index (χ0) is 15.4. The molecule has 1 aromatic carbocycles. The Morgan fingerprint density at radius 3 is 2.38 bits per heavy atom. The minimum atomic E-state index is 0.241. The Morgan fingerprint density at radius 1 is 1.19 bits per heavy atom. The molecule has 1 aliphatic carbocycles. The van der Waals surface area contributed by atoms with E-state index in [9.17, 15) is 4.79 Å². The summed E-state index contributed by atoms with van der Waals surface area (Å²) < 4.78 is 0. The molecule has 1 aliphatic rings. The van der Waals surface area contributed by atoms with Gasteiger partial charge in [-0.1, -0.05) is 57.9 Å². The van der Waals surface area contributed by atoms with Gasteiger partial charge in [0, 0.05) is 11.6 Å². The van der Waals surface area contributed by atoms with Crippen molar-refractivity contribution in [2.24, 2.45) is 5.92 Å². The molecule has 2 rings (SSSR count). The number of hydrogen-bond acceptors (Lipinski definition) is 2. The lowest BCUT2D eigenvalue weighted by molar-refractivity contribution is 0.0851. The van der Waals surface area contributed by atoms with E-state index in [4.69, 9.17) is 0 Å². The molecule has 0 N–H and O–H groups in total. The van der Waals surface area contributed by atoms with Crippen LogP contribution in [0.4, 0.5) is 0 Å². The van der Waals surface area contributed by atoms with Gasteiger partial charge in [0.05, 0.1) is 6.54 Å². The molecule has 2 unspecified atom stereocenters. The molecule has 21 heavy (non-hydrogen) atoms. The molecule has 1 aromatic rings. The van der Waals surface area contributed by atoms with Crippen molar-refractivity contribution >= 4 is 5.78 Å². The zero-order valence-electron chi connectivity index (χ0n) is 13.9. The zero-order valence-corrected chi connectivity index (χ0v) is 13.9. The van der Waals surface area contributed by atoms with Crippen LogP contribution in [0.2, 0.25) is 0 Å². The Balaban J connectivity index is 1.96. The normalized spacial score (nSPS) is 22.8. The molecular weight excluding hydrogens is 258 g/mol. The fourth-order valence-corrected chi connectivity index (χ4v) is 3.44. The number of Topliss-reactive ketones (excluding diaryl/α,β-unsaturated/α-hetero) is 1. The van der Waals surface area contributed by atoms with E-state index in [1.54, 1.807) is 0 Å². The fourth-order valence-electron chi connectivity index (χ4n) is 3.44. The number of carbonyl (C=O) groups excluding carboxylic acids is 1. The molecule has 0 aliphatic heterocycles. The number of ketones is 1. The van der Waals surface area contributed by atoms with E-state index < -0.39 is 0 Å². The number of benzene rings is 1. The van der Waals surface area contributed by atoms with E-state index in [1.165, 1.54) is 31.2 Å². The second-order valence-electron chi connectivity index (χ2n) is 6.94. The van der Waals surface area contributed by atoms with Gasteiger partial charge in [0.1, 0.15) is 0 Å². The van der Waals surface area contributed by atoms with Crippen molar-refractivity contribution in [3.63, 3.8) is 0 Å². The first-order valence-corrected chi connectivity index (χ1v) is 8.32. The first-order chi connectivity index (χ1) is 9.99. The Kier molecular flexibility index (Phi) is 5.58. The van der Waals surface area contributed by atoms with E-state index in [0.29, 0.717) is 24.4 Å². The van der Waals surface area contributed by atoms with Gasteiger partial charge in [-0.15, -0.1) is 0 Å². The molecule has 0 spiro atoms. The van der Waals surface area contributed by atoms with Gasteiger partial charge in [0.15, 0.2) is 5.78 Å². The van der Waals surface area contributed by atoms with Crippen LogP contribution in [0.1, 0.15) is 68.3 Å². The second-order valence-corrected chi connectivity index (χ2v) is 6.94. The number of likely N-dealkylation sites (N-methyl/N-ethyl adjacent to an activating group) is 1. The van der Waals surface area contributed by atoms with Crippen LogP contribution in [0.3, 0.4) is 0 Å². The van der Waals surface area contributed by atoms with Crippen molar-refractivity contribution in [2.45, 2.75) is 58.4 Å². The number of carbonyl (C=O) groups is 1. The Morgan fingerprint density at radius 2 is 1.81 bits per heavy atom. The van der Waals surface area contributed by atoms with Crippen molar-refractivity contribution in [2.75, 3.05) is 13.6 Å². The van der Waals surface area contributed by atoms with Crippen LogP contribution < -0.4 is 0 Å². The monoisotopic (exact) mass is 287 g/mol. The lowest BCUT2D eigenvalue weighted by Crippen LogP contribution is -2.41. The predicted molar refractivity (Wildman–Crippen MR) is 88.9 cm³/mol. The fraction of sp³-hybridized carbons (Fsp3) is 0.632. The Bertz CT molecular complexity index is 463. The van der Waals surface area contributed by atoms with Crippen LogP contribution in [0.5, 0.6) is 0 Å². The van der Waals surface area contributed by atoms with Gasteiger partial charge in [-0.05, 0) is 37.3 Å². The van der Waals surface area contributed by atoms with Crippen molar-refractivity contribution in [1.82, 2.24) is 4.90 Å². The van der Waals surface area contributed by atoms with Crippen LogP contribution in [0, 0.1) is 5.92 Å². The summed E-state index contributed by atoms with van der Waals surface area (Å²) in [5.41, 5.74) is 2.13. The molecule has 0 amide bonds. The van der Waals surface area contributed by atoms with Gasteiger partial charge < -0.3 is 0 Å². The highest BCUT2D eigenvalue weighted by Gasteiger charge is 2.26. The first kappa shape index (κ1) is 16.2. The van der Waals surface area contributed by atoms with Gasteiger partial charge in [0.25, 0.3) is 0 Å². The maximum atomic E-state index is 12.4. The third-order valence-electron chi connectivity index (χ3n) is 4.92. The van der Waals surface area contributed by atoms with Crippen LogP contribution in [0.25, 0.3) is 0 Å². The number of nitrogens with zero attached hydrogens (tertiary/aromatic N) is 1. The maximum Gasteiger partial charge on any atom is 0.176 e. The van der Waals surface area contributed by atoms with Gasteiger partial charge in [0.2, 0.25) is 0 Å². The molecular formula is C19H29NO. The predicted octanol–water partition coefficient (Wildman–Crippen LogP) is 4.50. The van der Waals surface area contributed by atoms with Crippen molar-refractivity contribution in [3.8, 4) is 0 Å². The lowest BCUT2D eigenvalue weighted by atomic mass is 9.85. The standard InChI is InChI=1S/C19H29NO/c1-14(2)16-9-11-17(12-10-16)19(21)13-20(4)18-8-6-5-7-15(18)3/h9-12,14-15,18H,5-8,13H2,1-4H3. The smallest absolute Gasteiger partial charge is 0.176 e. The average Bonchev–Trinajstić information content (AvgIpc) is 2.47. The van der Waals surface area contributed by atoms with Crippen molar-refractivity contribution in [1.29, 1.82) is 0 Å². The van der Waals surface area contributed by atoms with Crippen molar-refractivity contribution in [3.05, 3.63) is 35.4 Å². The molecule has 2 nitrogen and oxygen atoms in total. The summed E-state index contributed by atoms with van der Waals surface area (Å²) in [6.45, 7) is 7.21. The largest absolute Gasteiger partial charge is 0.296 e. The summed E-state index contributed by atoms with van der Waals surface area (Å²) >= 11 is 0. The summed E-state index contributed by atoms with van der Waals surface area (Å²) in [5, 5.41) is 0. The highest BCUT2D eigenvalue weighted by atomic mass is 16.1. The van der Waals surface area contributed by atoms with Gasteiger partial charge >= 0.3 is 0 Å². The SMILES string of the molecule is CC(C)c1ccc(C(=O)CN(C)C2CCCCC2C)cc1.